The molecule has 1 unspecified atom stereocenters. The molecule has 1 aromatic heterocycles. The van der Waals surface area contributed by atoms with Gasteiger partial charge in [-0.2, -0.15) is 0 Å². The fourth-order valence-corrected chi connectivity index (χ4v) is 2.54. The standard InChI is InChI=1S/C17H19N3O2/c1-11-5-7-12(8-6-11)17-19-16-14(18)3-2-4-15(16)20(17)9-13(22)10-21/h2-8,13,21-22H,9-10,18H2,1H3. The minimum atomic E-state index is -0.844. The van der Waals surface area contributed by atoms with Crippen molar-refractivity contribution < 1.29 is 10.2 Å². The van der Waals surface area contributed by atoms with Gasteiger partial charge in [0, 0.05) is 5.56 Å². The molecule has 3 aromatic rings. The van der Waals surface area contributed by atoms with Crippen LogP contribution in [-0.2, 0) is 6.54 Å². The molecule has 0 amide bonds. The molecule has 3 rings (SSSR count). The van der Waals surface area contributed by atoms with Gasteiger partial charge in [-0.25, -0.2) is 4.98 Å². The number of imidazole rings is 1. The summed E-state index contributed by atoms with van der Waals surface area (Å²) in [5, 5.41) is 19.0. The number of aryl methyl sites for hydroxylation is 1. The summed E-state index contributed by atoms with van der Waals surface area (Å²) < 4.78 is 1.90. The number of nitrogen functional groups attached to an aromatic ring is 1. The number of fused-ring (bicyclic) bond motifs is 1. The van der Waals surface area contributed by atoms with E-state index in [1.165, 1.54) is 5.56 Å². The molecule has 5 nitrogen and oxygen atoms in total. The molecule has 0 saturated heterocycles. The van der Waals surface area contributed by atoms with Crippen molar-refractivity contribution in [2.45, 2.75) is 19.6 Å². The number of aromatic nitrogens is 2. The van der Waals surface area contributed by atoms with Gasteiger partial charge in [-0.05, 0) is 19.1 Å². The van der Waals surface area contributed by atoms with Gasteiger partial charge in [-0.1, -0.05) is 35.9 Å². The highest BCUT2D eigenvalue weighted by molar-refractivity contribution is 5.90. The van der Waals surface area contributed by atoms with Crippen LogP contribution in [0, 0.1) is 6.92 Å². The lowest BCUT2D eigenvalue weighted by Gasteiger charge is -2.13. The lowest BCUT2D eigenvalue weighted by molar-refractivity contribution is 0.0824. The molecule has 0 radical (unpaired) electrons. The van der Waals surface area contributed by atoms with Crippen molar-refractivity contribution in [1.82, 2.24) is 9.55 Å². The Kier molecular flexibility index (Phi) is 3.83. The van der Waals surface area contributed by atoms with E-state index in [1.54, 1.807) is 6.07 Å². The summed E-state index contributed by atoms with van der Waals surface area (Å²) in [6, 6.07) is 13.6. The molecule has 0 fully saturated rings. The number of para-hydroxylation sites is 1. The number of aliphatic hydroxyl groups excluding tert-OH is 2. The first kappa shape index (κ1) is 14.6. The summed E-state index contributed by atoms with van der Waals surface area (Å²) in [6.07, 6.45) is -0.844. The maximum atomic E-state index is 9.84. The van der Waals surface area contributed by atoms with Crippen LogP contribution in [0.25, 0.3) is 22.4 Å². The highest BCUT2D eigenvalue weighted by Gasteiger charge is 2.16. The Balaban J connectivity index is 2.21. The zero-order chi connectivity index (χ0) is 15.7. The molecule has 0 saturated carbocycles. The fourth-order valence-electron chi connectivity index (χ4n) is 2.54. The van der Waals surface area contributed by atoms with E-state index in [2.05, 4.69) is 4.98 Å². The molecule has 1 atom stereocenters. The van der Waals surface area contributed by atoms with Crippen LogP contribution in [0.15, 0.2) is 42.5 Å². The topological polar surface area (TPSA) is 84.3 Å². The molecular weight excluding hydrogens is 278 g/mol. The second kappa shape index (κ2) is 5.79. The van der Waals surface area contributed by atoms with E-state index in [0.29, 0.717) is 11.2 Å². The minimum absolute atomic E-state index is 0.264. The maximum absolute atomic E-state index is 9.84. The Hall–Kier alpha value is -2.37. The van der Waals surface area contributed by atoms with Crippen LogP contribution in [-0.4, -0.2) is 32.5 Å². The highest BCUT2D eigenvalue weighted by Crippen LogP contribution is 2.28. The number of hydrogen-bond donors (Lipinski definition) is 3. The normalized spacial score (nSPS) is 12.7. The Bertz CT molecular complexity index is 794. The fraction of sp³-hybridized carbons (Fsp3) is 0.235. The number of nitrogens with two attached hydrogens (primary N) is 1. The average Bonchev–Trinajstić information content (AvgIpc) is 2.88. The van der Waals surface area contributed by atoms with Crippen LogP contribution in [0.4, 0.5) is 5.69 Å². The summed E-state index contributed by atoms with van der Waals surface area (Å²) in [4.78, 5) is 4.64. The molecule has 114 valence electrons. The van der Waals surface area contributed by atoms with Gasteiger partial charge in [0.25, 0.3) is 0 Å². The smallest absolute Gasteiger partial charge is 0.141 e. The lowest BCUT2D eigenvalue weighted by Crippen LogP contribution is -2.20. The van der Waals surface area contributed by atoms with Crippen molar-refractivity contribution in [3.63, 3.8) is 0 Å². The molecule has 22 heavy (non-hydrogen) atoms. The van der Waals surface area contributed by atoms with Crippen molar-refractivity contribution >= 4 is 16.7 Å². The van der Waals surface area contributed by atoms with Gasteiger partial charge in [-0.3, -0.25) is 0 Å². The van der Waals surface area contributed by atoms with Gasteiger partial charge in [0.15, 0.2) is 0 Å². The van der Waals surface area contributed by atoms with Gasteiger partial charge < -0.3 is 20.5 Å². The number of nitrogens with zero attached hydrogens (tertiary/aromatic N) is 2. The van der Waals surface area contributed by atoms with E-state index in [4.69, 9.17) is 10.8 Å². The average molecular weight is 297 g/mol. The van der Waals surface area contributed by atoms with Gasteiger partial charge >= 0.3 is 0 Å². The van der Waals surface area contributed by atoms with E-state index in [-0.39, 0.29) is 13.2 Å². The van der Waals surface area contributed by atoms with Gasteiger partial charge in [0.05, 0.1) is 30.5 Å². The third kappa shape index (κ3) is 2.56. The van der Waals surface area contributed by atoms with Crippen LogP contribution in [0.2, 0.25) is 0 Å². The summed E-state index contributed by atoms with van der Waals surface area (Å²) in [5.41, 5.74) is 10.3. The Labute approximate surface area is 128 Å². The molecule has 0 spiro atoms. The molecule has 0 bridgehead atoms. The van der Waals surface area contributed by atoms with E-state index in [0.717, 1.165) is 16.9 Å². The van der Waals surface area contributed by atoms with Crippen LogP contribution in [0.1, 0.15) is 5.56 Å². The van der Waals surface area contributed by atoms with E-state index in [9.17, 15) is 5.11 Å². The predicted molar refractivity (Wildman–Crippen MR) is 87.4 cm³/mol. The quantitative estimate of drug-likeness (QED) is 0.643. The van der Waals surface area contributed by atoms with Crippen molar-refractivity contribution in [3.8, 4) is 11.4 Å². The number of benzene rings is 2. The third-order valence-electron chi connectivity index (χ3n) is 3.72. The van der Waals surface area contributed by atoms with Crippen LogP contribution in [0.5, 0.6) is 0 Å². The number of aliphatic hydroxyl groups is 2. The number of anilines is 1. The zero-order valence-electron chi connectivity index (χ0n) is 12.4. The zero-order valence-corrected chi connectivity index (χ0v) is 12.4. The van der Waals surface area contributed by atoms with Crippen molar-refractivity contribution in [1.29, 1.82) is 0 Å². The maximum Gasteiger partial charge on any atom is 0.141 e. The van der Waals surface area contributed by atoms with Crippen LogP contribution in [0.3, 0.4) is 0 Å². The SMILES string of the molecule is Cc1ccc(-c2nc3c(N)cccc3n2CC(O)CO)cc1. The largest absolute Gasteiger partial charge is 0.397 e. The van der Waals surface area contributed by atoms with Gasteiger partial charge in [0.2, 0.25) is 0 Å². The first-order valence-corrected chi connectivity index (χ1v) is 7.21. The van der Waals surface area contributed by atoms with Crippen molar-refractivity contribution in [2.75, 3.05) is 12.3 Å². The Morgan fingerprint density at radius 3 is 2.59 bits per heavy atom. The van der Waals surface area contributed by atoms with Crippen molar-refractivity contribution in [2.24, 2.45) is 0 Å². The third-order valence-corrected chi connectivity index (χ3v) is 3.72. The summed E-state index contributed by atoms with van der Waals surface area (Å²) >= 11 is 0. The van der Waals surface area contributed by atoms with Crippen LogP contribution >= 0.6 is 0 Å². The second-order valence-corrected chi connectivity index (χ2v) is 5.46. The molecule has 2 aromatic carbocycles. The first-order valence-electron chi connectivity index (χ1n) is 7.21. The number of rotatable bonds is 4. The monoisotopic (exact) mass is 297 g/mol. The summed E-state index contributed by atoms with van der Waals surface area (Å²) in [6.45, 7) is 2.00. The molecule has 0 aliphatic carbocycles. The second-order valence-electron chi connectivity index (χ2n) is 5.46. The van der Waals surface area contributed by atoms with E-state index >= 15 is 0 Å². The Morgan fingerprint density at radius 2 is 1.91 bits per heavy atom. The molecule has 0 aliphatic rings. The minimum Gasteiger partial charge on any atom is -0.397 e. The Morgan fingerprint density at radius 1 is 1.18 bits per heavy atom. The lowest BCUT2D eigenvalue weighted by atomic mass is 10.1. The molecule has 4 N–H and O–H groups in total. The van der Waals surface area contributed by atoms with E-state index in [1.807, 2.05) is 47.9 Å². The molecule has 0 aliphatic heterocycles. The summed E-state index contributed by atoms with van der Waals surface area (Å²) in [7, 11) is 0. The van der Waals surface area contributed by atoms with Gasteiger partial charge in [-0.15, -0.1) is 0 Å². The van der Waals surface area contributed by atoms with Crippen LogP contribution < -0.4 is 5.73 Å². The van der Waals surface area contributed by atoms with E-state index < -0.39 is 6.10 Å². The summed E-state index contributed by atoms with van der Waals surface area (Å²) in [5.74, 6) is 0.736. The van der Waals surface area contributed by atoms with Crippen molar-refractivity contribution in [3.05, 3.63) is 48.0 Å². The van der Waals surface area contributed by atoms with Gasteiger partial charge in [0.1, 0.15) is 11.3 Å². The molecular formula is C17H19N3O2. The predicted octanol–water partition coefficient (Wildman–Crippen LogP) is 1.95. The highest BCUT2D eigenvalue weighted by atomic mass is 16.3. The molecule has 1 heterocycles. The number of hydrogen-bond acceptors (Lipinski definition) is 4. The first-order chi connectivity index (χ1) is 10.6. The molecule has 5 heteroatoms.